The summed E-state index contributed by atoms with van der Waals surface area (Å²) in [6, 6.07) is 11.5. The lowest BCUT2D eigenvalue weighted by atomic mass is 10.1. The number of alkyl halides is 3. The Hall–Kier alpha value is -3.14. The number of urea groups is 1. The van der Waals surface area contributed by atoms with E-state index in [-0.39, 0.29) is 12.1 Å². The Bertz CT molecular complexity index is 806. The molecule has 7 heteroatoms. The molecular weight excluding hydrogens is 345 g/mol. The molecule has 26 heavy (non-hydrogen) atoms. The van der Waals surface area contributed by atoms with Crippen LogP contribution in [-0.4, -0.2) is 19.7 Å². The minimum atomic E-state index is -4.41. The summed E-state index contributed by atoms with van der Waals surface area (Å²) in [5, 5.41) is 5.18. The molecule has 0 aliphatic carbocycles. The third-order valence-electron chi connectivity index (χ3n) is 3.37. The second kappa shape index (κ2) is 8.81. The highest BCUT2D eigenvalue weighted by molar-refractivity contribution is 5.74. The predicted octanol–water partition coefficient (Wildman–Crippen LogP) is 3.56. The number of methoxy groups -OCH3 is 1. The highest BCUT2D eigenvalue weighted by Gasteiger charge is 2.30. The van der Waals surface area contributed by atoms with Crippen LogP contribution in [-0.2, 0) is 12.7 Å². The fourth-order valence-corrected chi connectivity index (χ4v) is 2.03. The third-order valence-corrected chi connectivity index (χ3v) is 3.37. The number of ether oxygens (including phenoxy) is 1. The van der Waals surface area contributed by atoms with Crippen molar-refractivity contribution >= 4 is 6.03 Å². The molecule has 0 saturated carbocycles. The number of nitrogens with one attached hydrogen (secondary N) is 2. The predicted molar refractivity (Wildman–Crippen MR) is 91.6 cm³/mol. The first-order valence-electron chi connectivity index (χ1n) is 7.69. The molecule has 2 N–H and O–H groups in total. The smallest absolute Gasteiger partial charge is 0.416 e. The van der Waals surface area contributed by atoms with Crippen molar-refractivity contribution in [2.24, 2.45) is 0 Å². The van der Waals surface area contributed by atoms with Crippen LogP contribution in [0.4, 0.5) is 18.0 Å². The van der Waals surface area contributed by atoms with E-state index in [1.54, 1.807) is 19.2 Å². The number of halogens is 3. The fraction of sp³-hybridized carbons (Fsp3) is 0.211. The van der Waals surface area contributed by atoms with Crippen molar-refractivity contribution in [2.75, 3.05) is 13.7 Å². The van der Waals surface area contributed by atoms with Crippen molar-refractivity contribution in [1.82, 2.24) is 10.6 Å². The van der Waals surface area contributed by atoms with E-state index in [4.69, 9.17) is 4.74 Å². The zero-order valence-electron chi connectivity index (χ0n) is 14.0. The second-order valence-electron chi connectivity index (χ2n) is 5.26. The summed E-state index contributed by atoms with van der Waals surface area (Å²) >= 11 is 0. The number of carbonyl (C=O) groups excluding carboxylic acids is 1. The van der Waals surface area contributed by atoms with Crippen LogP contribution < -0.4 is 15.4 Å². The first-order valence-corrected chi connectivity index (χ1v) is 7.69. The average molecular weight is 362 g/mol. The van der Waals surface area contributed by atoms with Gasteiger partial charge in [0.1, 0.15) is 5.75 Å². The molecule has 4 nitrogen and oxygen atoms in total. The number of hydrogen-bond acceptors (Lipinski definition) is 2. The van der Waals surface area contributed by atoms with Gasteiger partial charge in [-0.1, -0.05) is 30.0 Å². The van der Waals surface area contributed by atoms with Crippen LogP contribution >= 0.6 is 0 Å². The van der Waals surface area contributed by atoms with E-state index in [1.807, 2.05) is 12.1 Å². The molecule has 0 saturated heterocycles. The van der Waals surface area contributed by atoms with E-state index < -0.39 is 17.8 Å². The molecule has 0 aliphatic heterocycles. The van der Waals surface area contributed by atoms with Crippen molar-refractivity contribution in [2.45, 2.75) is 12.7 Å². The summed E-state index contributed by atoms with van der Waals surface area (Å²) in [4.78, 5) is 11.7. The molecule has 0 bridgehead atoms. The summed E-state index contributed by atoms with van der Waals surface area (Å²) in [6.45, 7) is 0.349. The van der Waals surface area contributed by atoms with Gasteiger partial charge in [-0.05, 0) is 35.9 Å². The molecule has 136 valence electrons. The van der Waals surface area contributed by atoms with Crippen molar-refractivity contribution in [3.63, 3.8) is 0 Å². The monoisotopic (exact) mass is 362 g/mol. The number of amides is 2. The molecule has 2 rings (SSSR count). The molecule has 0 heterocycles. The normalized spacial score (nSPS) is 10.5. The molecule has 0 unspecified atom stereocenters. The first-order chi connectivity index (χ1) is 12.4. The van der Waals surface area contributed by atoms with Crippen LogP contribution in [0.2, 0.25) is 0 Å². The summed E-state index contributed by atoms with van der Waals surface area (Å²) < 4.78 is 42.9. The van der Waals surface area contributed by atoms with Gasteiger partial charge in [0, 0.05) is 12.1 Å². The maximum Gasteiger partial charge on any atom is 0.416 e. The van der Waals surface area contributed by atoms with Crippen molar-refractivity contribution in [3.05, 3.63) is 65.2 Å². The Morgan fingerprint density at radius 3 is 2.50 bits per heavy atom. The van der Waals surface area contributed by atoms with Gasteiger partial charge < -0.3 is 15.4 Å². The lowest BCUT2D eigenvalue weighted by Gasteiger charge is -2.06. The van der Waals surface area contributed by atoms with Crippen molar-refractivity contribution in [1.29, 1.82) is 0 Å². The molecule has 0 aromatic heterocycles. The molecular formula is C19H17F3N2O2. The van der Waals surface area contributed by atoms with Gasteiger partial charge in [0.15, 0.2) is 0 Å². The van der Waals surface area contributed by atoms with Crippen LogP contribution in [0.15, 0.2) is 48.5 Å². The van der Waals surface area contributed by atoms with Crippen molar-refractivity contribution < 1.29 is 22.7 Å². The third kappa shape index (κ3) is 6.06. The SMILES string of the molecule is COc1ccc(CNC(=O)NCC#Cc2cccc(C(F)(F)F)c2)cc1. The van der Waals surface area contributed by atoms with Gasteiger partial charge in [-0.25, -0.2) is 4.79 Å². The lowest BCUT2D eigenvalue weighted by Crippen LogP contribution is -2.35. The quantitative estimate of drug-likeness (QED) is 0.817. The van der Waals surface area contributed by atoms with Crippen LogP contribution in [0, 0.1) is 11.8 Å². The zero-order valence-corrected chi connectivity index (χ0v) is 14.0. The molecule has 0 spiro atoms. The Labute approximate surface area is 149 Å². The lowest BCUT2D eigenvalue weighted by molar-refractivity contribution is -0.137. The van der Waals surface area contributed by atoms with E-state index in [2.05, 4.69) is 22.5 Å². The first kappa shape index (κ1) is 19.2. The summed E-state index contributed by atoms with van der Waals surface area (Å²) in [5.74, 6) is 5.94. The van der Waals surface area contributed by atoms with Crippen LogP contribution in [0.25, 0.3) is 0 Å². The topological polar surface area (TPSA) is 50.4 Å². The zero-order chi connectivity index (χ0) is 19.0. The summed E-state index contributed by atoms with van der Waals surface area (Å²) in [5.41, 5.74) is 0.380. The van der Waals surface area contributed by atoms with Gasteiger partial charge in [0.2, 0.25) is 0 Å². The van der Waals surface area contributed by atoms with E-state index in [1.165, 1.54) is 12.1 Å². The molecule has 2 aromatic rings. The molecule has 0 aliphatic rings. The number of hydrogen-bond donors (Lipinski definition) is 2. The number of carbonyl (C=O) groups is 1. The minimum absolute atomic E-state index is 0.0185. The largest absolute Gasteiger partial charge is 0.497 e. The second-order valence-corrected chi connectivity index (χ2v) is 5.26. The standard InChI is InChI=1S/C19H17F3N2O2/c1-26-17-9-7-15(8-10-17)13-24-18(25)23-11-3-5-14-4-2-6-16(12-14)19(20,21)22/h2,4,6-10,12H,11,13H2,1H3,(H2,23,24,25). The van der Waals surface area contributed by atoms with Crippen LogP contribution in [0.5, 0.6) is 5.75 Å². The maximum absolute atomic E-state index is 12.6. The highest BCUT2D eigenvalue weighted by atomic mass is 19.4. The minimum Gasteiger partial charge on any atom is -0.497 e. The van der Waals surface area contributed by atoms with Gasteiger partial charge in [0.05, 0.1) is 19.2 Å². The van der Waals surface area contributed by atoms with E-state index in [9.17, 15) is 18.0 Å². The molecule has 2 amide bonds. The van der Waals surface area contributed by atoms with Gasteiger partial charge in [-0.2, -0.15) is 13.2 Å². The number of rotatable bonds is 4. The Morgan fingerprint density at radius 1 is 1.12 bits per heavy atom. The molecule has 0 fully saturated rings. The molecule has 0 radical (unpaired) electrons. The summed E-state index contributed by atoms with van der Waals surface area (Å²) in [6.07, 6.45) is -4.41. The van der Waals surface area contributed by atoms with Gasteiger partial charge in [0.25, 0.3) is 0 Å². The van der Waals surface area contributed by atoms with Gasteiger partial charge in [-0.3, -0.25) is 0 Å². The molecule has 0 atom stereocenters. The Morgan fingerprint density at radius 2 is 1.85 bits per heavy atom. The van der Waals surface area contributed by atoms with Crippen LogP contribution in [0.1, 0.15) is 16.7 Å². The van der Waals surface area contributed by atoms with Crippen molar-refractivity contribution in [3.8, 4) is 17.6 Å². The highest BCUT2D eigenvalue weighted by Crippen LogP contribution is 2.29. The van der Waals surface area contributed by atoms with E-state index >= 15 is 0 Å². The maximum atomic E-state index is 12.6. The summed E-state index contributed by atoms with van der Waals surface area (Å²) in [7, 11) is 1.57. The van der Waals surface area contributed by atoms with Crippen LogP contribution in [0.3, 0.4) is 0 Å². The fourth-order valence-electron chi connectivity index (χ4n) is 2.03. The number of benzene rings is 2. The Kier molecular flexibility index (Phi) is 6.50. The van der Waals surface area contributed by atoms with Gasteiger partial charge >= 0.3 is 12.2 Å². The average Bonchev–Trinajstić information content (AvgIpc) is 2.63. The molecule has 2 aromatic carbocycles. The Balaban J connectivity index is 1.79. The van der Waals surface area contributed by atoms with Gasteiger partial charge in [-0.15, -0.1) is 0 Å². The van der Waals surface area contributed by atoms with E-state index in [0.717, 1.165) is 23.4 Å². The van der Waals surface area contributed by atoms with E-state index in [0.29, 0.717) is 6.54 Å².